The van der Waals surface area contributed by atoms with Crippen LogP contribution in [0.4, 0.5) is 6.01 Å². The lowest BCUT2D eigenvalue weighted by molar-refractivity contribution is 0.327. The first-order valence-corrected chi connectivity index (χ1v) is 5.97. The van der Waals surface area contributed by atoms with Gasteiger partial charge >= 0.3 is 6.01 Å². The molecule has 2 rings (SSSR count). The van der Waals surface area contributed by atoms with Crippen molar-refractivity contribution < 1.29 is 9.26 Å². The number of nitrogens with one attached hydrogen (secondary N) is 1. The van der Waals surface area contributed by atoms with E-state index in [9.17, 15) is 0 Å². The van der Waals surface area contributed by atoms with Crippen molar-refractivity contribution in [3.8, 4) is 18.1 Å². The molecule has 2 aromatic rings. The van der Waals surface area contributed by atoms with E-state index in [0.717, 1.165) is 11.3 Å². The fourth-order valence-electron chi connectivity index (χ4n) is 1.48. The van der Waals surface area contributed by atoms with Crippen LogP contribution in [0.3, 0.4) is 0 Å². The van der Waals surface area contributed by atoms with Crippen LogP contribution in [0.15, 0.2) is 28.8 Å². The molecule has 5 heteroatoms. The van der Waals surface area contributed by atoms with Gasteiger partial charge in [0, 0.05) is 13.0 Å². The van der Waals surface area contributed by atoms with Crippen LogP contribution >= 0.6 is 0 Å². The molecule has 0 saturated carbocycles. The van der Waals surface area contributed by atoms with Gasteiger partial charge in [0.25, 0.3) is 0 Å². The molecule has 0 amide bonds. The van der Waals surface area contributed by atoms with E-state index in [-0.39, 0.29) is 0 Å². The first-order valence-electron chi connectivity index (χ1n) is 5.97. The Balaban J connectivity index is 1.83. The van der Waals surface area contributed by atoms with E-state index in [0.29, 0.717) is 31.4 Å². The number of aromatic nitrogens is 2. The normalized spacial score (nSPS) is 9.89. The molecule has 19 heavy (non-hydrogen) atoms. The molecular formula is C14H15N3O2. The van der Waals surface area contributed by atoms with Crippen LogP contribution in [0.1, 0.15) is 17.8 Å². The predicted octanol–water partition coefficient (Wildman–Crippen LogP) is 2.39. The first kappa shape index (κ1) is 13.0. The molecule has 0 aliphatic heterocycles. The molecule has 1 heterocycles. The topological polar surface area (TPSA) is 60.2 Å². The van der Waals surface area contributed by atoms with Crippen LogP contribution < -0.4 is 10.1 Å². The Kier molecular flexibility index (Phi) is 4.40. The molecule has 0 bridgehead atoms. The second-order valence-corrected chi connectivity index (χ2v) is 3.95. The monoisotopic (exact) mass is 257 g/mol. The molecular weight excluding hydrogens is 242 g/mol. The van der Waals surface area contributed by atoms with Crippen molar-refractivity contribution in [1.29, 1.82) is 0 Å². The number of aryl methyl sites for hydroxylation is 1. The molecule has 1 N–H and O–H groups in total. The summed E-state index contributed by atoms with van der Waals surface area (Å²) >= 11 is 0. The summed E-state index contributed by atoms with van der Waals surface area (Å²) in [5.41, 5.74) is 1.10. The number of nitrogens with zero attached hydrogens (tertiary/aromatic N) is 2. The Morgan fingerprint density at radius 3 is 2.79 bits per heavy atom. The minimum absolute atomic E-state index is 0.423. The molecule has 0 atom stereocenters. The maximum Gasteiger partial charge on any atom is 0.321 e. The van der Waals surface area contributed by atoms with E-state index < -0.39 is 0 Å². The summed E-state index contributed by atoms with van der Waals surface area (Å²) in [6.07, 6.45) is 5.77. The predicted molar refractivity (Wildman–Crippen MR) is 71.7 cm³/mol. The summed E-state index contributed by atoms with van der Waals surface area (Å²) in [5.74, 6) is 3.96. The fourth-order valence-corrected chi connectivity index (χ4v) is 1.48. The second kappa shape index (κ2) is 6.45. The highest BCUT2D eigenvalue weighted by Gasteiger charge is 2.01. The van der Waals surface area contributed by atoms with E-state index in [4.69, 9.17) is 15.7 Å². The molecule has 1 aromatic carbocycles. The van der Waals surface area contributed by atoms with Crippen LogP contribution in [0.25, 0.3) is 0 Å². The minimum atomic E-state index is 0.423. The molecule has 0 aliphatic carbocycles. The Bertz CT molecular complexity index is 555. The van der Waals surface area contributed by atoms with Gasteiger partial charge in [0.1, 0.15) is 5.75 Å². The van der Waals surface area contributed by atoms with E-state index >= 15 is 0 Å². The largest absolute Gasteiger partial charge is 0.493 e. The third-order valence-electron chi connectivity index (χ3n) is 2.41. The molecule has 98 valence electrons. The SMILES string of the molecule is C#CCCOc1ccc(CNc2nc(C)no2)cc1. The molecule has 0 spiro atoms. The Morgan fingerprint density at radius 1 is 1.37 bits per heavy atom. The quantitative estimate of drug-likeness (QED) is 0.636. The zero-order valence-electron chi connectivity index (χ0n) is 10.7. The van der Waals surface area contributed by atoms with Crippen molar-refractivity contribution in [3.05, 3.63) is 35.7 Å². The Hall–Kier alpha value is -2.48. The fraction of sp³-hybridized carbons (Fsp3) is 0.286. The van der Waals surface area contributed by atoms with Crippen LogP contribution in [0.2, 0.25) is 0 Å². The smallest absolute Gasteiger partial charge is 0.321 e. The van der Waals surface area contributed by atoms with Gasteiger partial charge in [-0.2, -0.15) is 4.98 Å². The third-order valence-corrected chi connectivity index (χ3v) is 2.41. The molecule has 5 nitrogen and oxygen atoms in total. The number of benzene rings is 1. The average molecular weight is 257 g/mol. The highest BCUT2D eigenvalue weighted by molar-refractivity contribution is 5.30. The van der Waals surface area contributed by atoms with Gasteiger partial charge in [0.05, 0.1) is 6.61 Å². The van der Waals surface area contributed by atoms with E-state index in [1.165, 1.54) is 0 Å². The highest BCUT2D eigenvalue weighted by Crippen LogP contribution is 2.13. The number of terminal acetylenes is 1. The zero-order chi connectivity index (χ0) is 13.5. The molecule has 0 radical (unpaired) electrons. The molecule has 0 aliphatic rings. The number of rotatable bonds is 6. The number of ether oxygens (including phenoxy) is 1. The molecule has 0 unspecified atom stereocenters. The van der Waals surface area contributed by atoms with E-state index in [1.807, 2.05) is 24.3 Å². The molecule has 0 fully saturated rings. The highest BCUT2D eigenvalue weighted by atomic mass is 16.5. The number of hydrogen-bond donors (Lipinski definition) is 1. The van der Waals surface area contributed by atoms with Crippen LogP contribution in [-0.2, 0) is 6.54 Å². The second-order valence-electron chi connectivity index (χ2n) is 3.95. The van der Waals surface area contributed by atoms with Crippen molar-refractivity contribution in [3.63, 3.8) is 0 Å². The van der Waals surface area contributed by atoms with Gasteiger partial charge in [0.2, 0.25) is 0 Å². The van der Waals surface area contributed by atoms with Crippen molar-refractivity contribution >= 4 is 6.01 Å². The molecule has 1 aromatic heterocycles. The van der Waals surface area contributed by atoms with Gasteiger partial charge in [-0.15, -0.1) is 12.3 Å². The Morgan fingerprint density at radius 2 is 2.16 bits per heavy atom. The lowest BCUT2D eigenvalue weighted by atomic mass is 10.2. The number of anilines is 1. The Labute approximate surface area is 112 Å². The van der Waals surface area contributed by atoms with Crippen LogP contribution in [-0.4, -0.2) is 16.7 Å². The van der Waals surface area contributed by atoms with Gasteiger partial charge < -0.3 is 14.6 Å². The van der Waals surface area contributed by atoms with Gasteiger partial charge in [-0.05, 0) is 24.6 Å². The summed E-state index contributed by atoms with van der Waals surface area (Å²) in [6.45, 7) is 2.93. The number of hydrogen-bond acceptors (Lipinski definition) is 5. The zero-order valence-corrected chi connectivity index (χ0v) is 10.7. The third kappa shape index (κ3) is 4.03. The van der Waals surface area contributed by atoms with Crippen molar-refractivity contribution in [2.24, 2.45) is 0 Å². The van der Waals surface area contributed by atoms with Crippen LogP contribution in [0.5, 0.6) is 5.75 Å². The summed E-state index contributed by atoms with van der Waals surface area (Å²) in [7, 11) is 0. The summed E-state index contributed by atoms with van der Waals surface area (Å²) in [4.78, 5) is 4.06. The van der Waals surface area contributed by atoms with Gasteiger partial charge in [-0.25, -0.2) is 0 Å². The summed E-state index contributed by atoms with van der Waals surface area (Å²) in [6, 6.07) is 8.19. The van der Waals surface area contributed by atoms with E-state index in [1.54, 1.807) is 6.92 Å². The standard InChI is InChI=1S/C14H15N3O2/c1-3-4-9-18-13-7-5-12(6-8-13)10-15-14-16-11(2)17-19-14/h1,5-8H,4,9-10H2,2H3,(H,15,16,17). The van der Waals surface area contributed by atoms with Crippen molar-refractivity contribution in [1.82, 2.24) is 10.1 Å². The lowest BCUT2D eigenvalue weighted by Crippen LogP contribution is -2.00. The lowest BCUT2D eigenvalue weighted by Gasteiger charge is -2.05. The van der Waals surface area contributed by atoms with Gasteiger partial charge in [0.15, 0.2) is 5.82 Å². The minimum Gasteiger partial charge on any atom is -0.493 e. The first-order chi connectivity index (χ1) is 9.28. The van der Waals surface area contributed by atoms with Crippen LogP contribution in [0, 0.1) is 19.3 Å². The maximum absolute atomic E-state index is 5.46. The summed E-state index contributed by atoms with van der Waals surface area (Å²) < 4.78 is 10.4. The van der Waals surface area contributed by atoms with Gasteiger partial charge in [-0.1, -0.05) is 17.3 Å². The van der Waals surface area contributed by atoms with E-state index in [2.05, 4.69) is 21.4 Å². The molecule has 0 saturated heterocycles. The van der Waals surface area contributed by atoms with Crippen molar-refractivity contribution in [2.75, 3.05) is 11.9 Å². The summed E-state index contributed by atoms with van der Waals surface area (Å²) in [5, 5.41) is 6.75. The average Bonchev–Trinajstić information content (AvgIpc) is 2.84. The maximum atomic E-state index is 5.46. The van der Waals surface area contributed by atoms with Gasteiger partial charge in [-0.3, -0.25) is 0 Å². The van der Waals surface area contributed by atoms with Crippen molar-refractivity contribution in [2.45, 2.75) is 19.9 Å².